The van der Waals surface area contributed by atoms with E-state index in [1.54, 1.807) is 18.2 Å². The van der Waals surface area contributed by atoms with Gasteiger partial charge in [-0.25, -0.2) is 8.42 Å². The lowest BCUT2D eigenvalue weighted by Crippen LogP contribution is -2.37. The Morgan fingerprint density at radius 1 is 1.11 bits per heavy atom. The molecule has 0 bridgehead atoms. The van der Waals surface area contributed by atoms with Gasteiger partial charge in [-0.15, -0.1) is 0 Å². The Kier molecular flexibility index (Phi) is 5.01. The van der Waals surface area contributed by atoms with Crippen molar-refractivity contribution in [2.24, 2.45) is 5.92 Å². The highest BCUT2D eigenvalue weighted by Gasteiger charge is 2.28. The lowest BCUT2D eigenvalue weighted by molar-refractivity contribution is -0.121. The van der Waals surface area contributed by atoms with Crippen LogP contribution in [-0.4, -0.2) is 42.3 Å². The number of hydrogen-bond donors (Lipinski definition) is 1. The lowest BCUT2D eigenvalue weighted by atomic mass is 10.0. The van der Waals surface area contributed by atoms with Crippen molar-refractivity contribution in [3.63, 3.8) is 0 Å². The topological polar surface area (TPSA) is 88.5 Å². The molecular formula is C20H25N3O4S. The number of fused-ring (bicyclic) bond motifs is 1. The van der Waals surface area contributed by atoms with Gasteiger partial charge in [0.2, 0.25) is 15.9 Å². The fourth-order valence-electron chi connectivity index (χ4n) is 3.62. The van der Waals surface area contributed by atoms with Crippen LogP contribution in [0.15, 0.2) is 40.0 Å². The molecule has 1 aliphatic carbocycles. The maximum atomic E-state index is 13.0. The summed E-state index contributed by atoms with van der Waals surface area (Å²) in [6.07, 6.45) is 3.68. The van der Waals surface area contributed by atoms with E-state index < -0.39 is 10.0 Å². The molecule has 4 rings (SSSR count). The molecule has 2 heterocycles. The van der Waals surface area contributed by atoms with Crippen molar-refractivity contribution in [2.45, 2.75) is 50.1 Å². The number of aromatic nitrogens is 1. The molecular weight excluding hydrogens is 378 g/mol. The van der Waals surface area contributed by atoms with E-state index in [1.807, 2.05) is 0 Å². The van der Waals surface area contributed by atoms with Crippen LogP contribution in [0.5, 0.6) is 0 Å². The second kappa shape index (κ2) is 7.33. The Morgan fingerprint density at radius 2 is 1.82 bits per heavy atom. The summed E-state index contributed by atoms with van der Waals surface area (Å²) in [5.74, 6) is 0.343. The third kappa shape index (κ3) is 3.84. The van der Waals surface area contributed by atoms with Crippen LogP contribution < -0.4 is 10.9 Å². The Hall–Kier alpha value is -2.19. The molecule has 0 spiro atoms. The van der Waals surface area contributed by atoms with Crippen molar-refractivity contribution >= 4 is 26.8 Å². The standard InChI is InChI=1S/C20H25N3O4S/c1-14-8-10-22(11-9-14)28(26,27)17-5-6-18-15(12-17)2-7-20(25)23(18)13-19(24)21-16-3-4-16/h2,5-7,12,14,16H,3-4,8-11,13H2,1H3,(H,21,24). The van der Waals surface area contributed by atoms with Crippen molar-refractivity contribution in [1.29, 1.82) is 0 Å². The number of piperidine rings is 1. The number of carbonyl (C=O) groups excluding carboxylic acids is 1. The van der Waals surface area contributed by atoms with E-state index in [9.17, 15) is 18.0 Å². The van der Waals surface area contributed by atoms with E-state index in [2.05, 4.69) is 12.2 Å². The van der Waals surface area contributed by atoms with Crippen molar-refractivity contribution in [2.75, 3.05) is 13.1 Å². The van der Waals surface area contributed by atoms with Gasteiger partial charge in [0.15, 0.2) is 0 Å². The number of benzene rings is 1. The fourth-order valence-corrected chi connectivity index (χ4v) is 5.13. The second-order valence-corrected chi connectivity index (χ2v) is 9.84. The van der Waals surface area contributed by atoms with Crippen LogP contribution >= 0.6 is 0 Å². The van der Waals surface area contributed by atoms with Crippen LogP contribution in [0.25, 0.3) is 10.9 Å². The summed E-state index contributed by atoms with van der Waals surface area (Å²) in [5, 5.41) is 3.51. The summed E-state index contributed by atoms with van der Waals surface area (Å²) in [7, 11) is -3.56. The lowest BCUT2D eigenvalue weighted by Gasteiger charge is -2.29. The van der Waals surface area contributed by atoms with Gasteiger partial charge >= 0.3 is 0 Å². The number of hydrogen-bond acceptors (Lipinski definition) is 4. The van der Waals surface area contributed by atoms with E-state index in [0.717, 1.165) is 25.7 Å². The number of nitrogens with one attached hydrogen (secondary N) is 1. The average molecular weight is 404 g/mol. The van der Waals surface area contributed by atoms with E-state index in [-0.39, 0.29) is 28.9 Å². The molecule has 7 nitrogen and oxygen atoms in total. The normalized spacial score (nSPS) is 19.0. The first-order valence-electron chi connectivity index (χ1n) is 9.78. The summed E-state index contributed by atoms with van der Waals surface area (Å²) in [6.45, 7) is 3.13. The molecule has 0 radical (unpaired) electrons. The Morgan fingerprint density at radius 3 is 2.50 bits per heavy atom. The number of nitrogens with zero attached hydrogens (tertiary/aromatic N) is 2. The van der Waals surface area contributed by atoms with Gasteiger partial charge in [-0.05, 0) is 61.3 Å². The van der Waals surface area contributed by atoms with Gasteiger partial charge < -0.3 is 5.32 Å². The minimum atomic E-state index is -3.56. The molecule has 1 saturated heterocycles. The highest BCUT2D eigenvalue weighted by molar-refractivity contribution is 7.89. The van der Waals surface area contributed by atoms with Crippen LogP contribution in [0.3, 0.4) is 0 Å². The van der Waals surface area contributed by atoms with E-state index in [0.29, 0.717) is 29.9 Å². The quantitative estimate of drug-likeness (QED) is 0.823. The Balaban J connectivity index is 1.65. The SMILES string of the molecule is CC1CCN(S(=O)(=O)c2ccc3c(ccc(=O)n3CC(=O)NC3CC3)c2)CC1. The molecule has 8 heteroatoms. The van der Waals surface area contributed by atoms with Gasteiger partial charge in [0.25, 0.3) is 5.56 Å². The van der Waals surface area contributed by atoms with E-state index >= 15 is 0 Å². The van der Waals surface area contributed by atoms with Gasteiger partial charge in [0, 0.05) is 25.2 Å². The molecule has 2 aromatic rings. The minimum Gasteiger partial charge on any atom is -0.352 e. The highest BCUT2D eigenvalue weighted by atomic mass is 32.2. The first-order valence-corrected chi connectivity index (χ1v) is 11.2. The number of amides is 1. The van der Waals surface area contributed by atoms with Crippen LogP contribution in [0, 0.1) is 5.92 Å². The van der Waals surface area contributed by atoms with Crippen molar-refractivity contribution in [3.05, 3.63) is 40.7 Å². The molecule has 1 aromatic heterocycles. The van der Waals surface area contributed by atoms with Gasteiger partial charge in [-0.1, -0.05) is 6.92 Å². The van der Waals surface area contributed by atoms with Crippen molar-refractivity contribution < 1.29 is 13.2 Å². The highest BCUT2D eigenvalue weighted by Crippen LogP contribution is 2.25. The predicted molar refractivity (Wildman–Crippen MR) is 107 cm³/mol. The van der Waals surface area contributed by atoms with Gasteiger partial charge in [0.05, 0.1) is 10.4 Å². The molecule has 1 aromatic carbocycles. The zero-order valence-corrected chi connectivity index (χ0v) is 16.7. The Labute approximate surface area is 164 Å². The largest absolute Gasteiger partial charge is 0.352 e. The molecule has 1 aliphatic heterocycles. The molecule has 1 saturated carbocycles. The van der Waals surface area contributed by atoms with E-state index in [4.69, 9.17) is 0 Å². The molecule has 2 fully saturated rings. The summed E-state index contributed by atoms with van der Waals surface area (Å²) < 4.78 is 28.9. The molecule has 1 amide bonds. The smallest absolute Gasteiger partial charge is 0.251 e. The molecule has 28 heavy (non-hydrogen) atoms. The summed E-state index contributed by atoms with van der Waals surface area (Å²) in [4.78, 5) is 24.7. The van der Waals surface area contributed by atoms with E-state index in [1.165, 1.54) is 21.0 Å². The number of carbonyl (C=O) groups is 1. The van der Waals surface area contributed by atoms with Crippen LogP contribution in [0.2, 0.25) is 0 Å². The van der Waals surface area contributed by atoms with Crippen LogP contribution in [0.4, 0.5) is 0 Å². The number of pyridine rings is 1. The third-order valence-electron chi connectivity index (χ3n) is 5.59. The average Bonchev–Trinajstić information content (AvgIpc) is 3.48. The monoisotopic (exact) mass is 403 g/mol. The third-order valence-corrected chi connectivity index (χ3v) is 7.48. The summed E-state index contributed by atoms with van der Waals surface area (Å²) >= 11 is 0. The molecule has 150 valence electrons. The number of rotatable bonds is 5. The fraction of sp³-hybridized carbons (Fsp3) is 0.500. The summed E-state index contributed by atoms with van der Waals surface area (Å²) in [5.41, 5.74) is 0.281. The maximum absolute atomic E-state index is 13.0. The van der Waals surface area contributed by atoms with Gasteiger partial charge in [0.1, 0.15) is 6.54 Å². The zero-order chi connectivity index (χ0) is 19.9. The van der Waals surface area contributed by atoms with Gasteiger partial charge in [-0.2, -0.15) is 4.31 Å². The first-order chi connectivity index (χ1) is 13.3. The van der Waals surface area contributed by atoms with Crippen LogP contribution in [-0.2, 0) is 21.4 Å². The molecule has 0 unspecified atom stereocenters. The van der Waals surface area contributed by atoms with Crippen molar-refractivity contribution in [1.82, 2.24) is 14.2 Å². The van der Waals surface area contributed by atoms with Crippen LogP contribution in [0.1, 0.15) is 32.6 Å². The Bertz CT molecular complexity index is 1060. The number of sulfonamides is 1. The zero-order valence-electron chi connectivity index (χ0n) is 15.9. The first kappa shape index (κ1) is 19.1. The molecule has 2 aliphatic rings. The molecule has 1 N–H and O–H groups in total. The summed E-state index contributed by atoms with van der Waals surface area (Å²) in [6, 6.07) is 7.97. The second-order valence-electron chi connectivity index (χ2n) is 7.91. The maximum Gasteiger partial charge on any atom is 0.251 e. The van der Waals surface area contributed by atoms with Gasteiger partial charge in [-0.3, -0.25) is 14.2 Å². The predicted octanol–water partition coefficient (Wildman–Crippen LogP) is 1.70. The van der Waals surface area contributed by atoms with Crippen molar-refractivity contribution in [3.8, 4) is 0 Å². The molecule has 0 atom stereocenters. The minimum absolute atomic E-state index is 0.0667.